The molecule has 1 aromatic heterocycles. The fourth-order valence-electron chi connectivity index (χ4n) is 3.04. The summed E-state index contributed by atoms with van der Waals surface area (Å²) in [6, 6.07) is 3.02. The van der Waals surface area contributed by atoms with Crippen LogP contribution >= 0.6 is 0 Å². The molecule has 0 saturated heterocycles. The van der Waals surface area contributed by atoms with Gasteiger partial charge in [-0.15, -0.1) is 0 Å². The molecule has 0 radical (unpaired) electrons. The summed E-state index contributed by atoms with van der Waals surface area (Å²) < 4.78 is 5.29. The van der Waals surface area contributed by atoms with Gasteiger partial charge in [-0.25, -0.2) is 4.79 Å². The molecule has 0 aromatic carbocycles. The van der Waals surface area contributed by atoms with Crippen molar-refractivity contribution in [1.82, 2.24) is 0 Å². The molecule has 106 valence electrons. The van der Waals surface area contributed by atoms with E-state index in [2.05, 4.69) is 6.92 Å². The van der Waals surface area contributed by atoms with Crippen LogP contribution in [0.2, 0.25) is 0 Å². The van der Waals surface area contributed by atoms with Crippen LogP contribution in [0.1, 0.15) is 68.2 Å². The largest absolute Gasteiger partial charge is 0.475 e. The topological polar surface area (TPSA) is 70.7 Å². The second-order valence-electron chi connectivity index (χ2n) is 5.59. The normalized spacial score (nSPS) is 28.0. The van der Waals surface area contributed by atoms with Crippen molar-refractivity contribution in [1.29, 1.82) is 0 Å². The van der Waals surface area contributed by atoms with E-state index in [0.717, 1.165) is 19.3 Å². The molecule has 1 fully saturated rings. The van der Waals surface area contributed by atoms with Gasteiger partial charge in [-0.1, -0.05) is 26.2 Å². The fourth-order valence-corrected chi connectivity index (χ4v) is 3.04. The van der Waals surface area contributed by atoms with Gasteiger partial charge in [0.1, 0.15) is 11.4 Å². The average Bonchev–Trinajstić information content (AvgIpc) is 2.79. The van der Waals surface area contributed by atoms with Crippen LogP contribution in [-0.2, 0) is 5.60 Å². The van der Waals surface area contributed by atoms with Crippen LogP contribution in [-0.4, -0.2) is 16.2 Å². The van der Waals surface area contributed by atoms with Gasteiger partial charge in [-0.2, -0.15) is 0 Å². The van der Waals surface area contributed by atoms with E-state index in [4.69, 9.17) is 9.52 Å². The molecule has 2 unspecified atom stereocenters. The van der Waals surface area contributed by atoms with Gasteiger partial charge in [-0.05, 0) is 43.7 Å². The minimum absolute atomic E-state index is 0.0993. The molecule has 1 aliphatic carbocycles. The highest BCUT2D eigenvalue weighted by Crippen LogP contribution is 2.39. The van der Waals surface area contributed by atoms with Crippen LogP contribution in [0.3, 0.4) is 0 Å². The lowest BCUT2D eigenvalue weighted by molar-refractivity contribution is -0.00247. The van der Waals surface area contributed by atoms with Crippen LogP contribution in [0.25, 0.3) is 0 Å². The summed E-state index contributed by atoms with van der Waals surface area (Å²) >= 11 is 0. The van der Waals surface area contributed by atoms with Gasteiger partial charge >= 0.3 is 5.97 Å². The first-order valence-electron chi connectivity index (χ1n) is 7.11. The summed E-state index contributed by atoms with van der Waals surface area (Å²) in [5, 5.41) is 19.6. The molecule has 4 heteroatoms. The molecule has 0 bridgehead atoms. The van der Waals surface area contributed by atoms with Gasteiger partial charge in [0.15, 0.2) is 0 Å². The third kappa shape index (κ3) is 3.18. The molecule has 2 atom stereocenters. The SMILES string of the molecule is CCCC1CCCC(O)(c2ccc(C(=O)O)o2)CC1. The number of aromatic carboxylic acids is 1. The fraction of sp³-hybridized carbons (Fsp3) is 0.667. The van der Waals surface area contributed by atoms with Crippen molar-refractivity contribution in [3.63, 3.8) is 0 Å². The molecule has 2 rings (SSSR count). The molecule has 1 heterocycles. The van der Waals surface area contributed by atoms with E-state index in [-0.39, 0.29) is 5.76 Å². The lowest BCUT2D eigenvalue weighted by atomic mass is 9.90. The zero-order valence-electron chi connectivity index (χ0n) is 11.4. The number of furan rings is 1. The van der Waals surface area contributed by atoms with Crippen LogP contribution in [0.15, 0.2) is 16.5 Å². The molecule has 2 N–H and O–H groups in total. The maximum Gasteiger partial charge on any atom is 0.371 e. The second kappa shape index (κ2) is 5.78. The first-order chi connectivity index (χ1) is 9.05. The summed E-state index contributed by atoms with van der Waals surface area (Å²) in [4.78, 5) is 10.8. The van der Waals surface area contributed by atoms with Crippen molar-refractivity contribution in [2.75, 3.05) is 0 Å². The van der Waals surface area contributed by atoms with Crippen molar-refractivity contribution in [2.24, 2.45) is 5.92 Å². The van der Waals surface area contributed by atoms with Gasteiger partial charge in [0.05, 0.1) is 0 Å². The monoisotopic (exact) mass is 266 g/mol. The Bertz CT molecular complexity index is 437. The molecule has 0 spiro atoms. The Labute approximate surface area is 113 Å². The Morgan fingerprint density at radius 2 is 2.21 bits per heavy atom. The van der Waals surface area contributed by atoms with Gasteiger partial charge < -0.3 is 14.6 Å². The number of carboxylic acids is 1. The van der Waals surface area contributed by atoms with E-state index in [1.807, 2.05) is 0 Å². The van der Waals surface area contributed by atoms with E-state index >= 15 is 0 Å². The number of hydrogen-bond acceptors (Lipinski definition) is 3. The molecular weight excluding hydrogens is 244 g/mol. The number of rotatable bonds is 4. The highest BCUT2D eigenvalue weighted by Gasteiger charge is 2.35. The maximum absolute atomic E-state index is 10.8. The molecule has 1 aliphatic rings. The highest BCUT2D eigenvalue weighted by atomic mass is 16.4. The number of hydrogen-bond donors (Lipinski definition) is 2. The van der Waals surface area contributed by atoms with E-state index < -0.39 is 11.6 Å². The van der Waals surface area contributed by atoms with Crippen molar-refractivity contribution < 1.29 is 19.4 Å². The van der Waals surface area contributed by atoms with Crippen molar-refractivity contribution in [3.8, 4) is 0 Å². The molecule has 1 aromatic rings. The summed E-state index contributed by atoms with van der Waals surface area (Å²) in [5.41, 5.74) is -0.990. The minimum Gasteiger partial charge on any atom is -0.475 e. The molecule has 1 saturated carbocycles. The van der Waals surface area contributed by atoms with Crippen LogP contribution in [0.5, 0.6) is 0 Å². The van der Waals surface area contributed by atoms with Gasteiger partial charge in [0, 0.05) is 0 Å². The number of aliphatic hydroxyl groups is 1. The van der Waals surface area contributed by atoms with Crippen molar-refractivity contribution in [3.05, 3.63) is 23.7 Å². The Hall–Kier alpha value is -1.29. The van der Waals surface area contributed by atoms with E-state index in [1.54, 1.807) is 6.07 Å². The summed E-state index contributed by atoms with van der Waals surface area (Å²) in [7, 11) is 0. The van der Waals surface area contributed by atoms with Gasteiger partial charge in [0.25, 0.3) is 0 Å². The Morgan fingerprint density at radius 1 is 1.42 bits per heavy atom. The quantitative estimate of drug-likeness (QED) is 0.818. The summed E-state index contributed by atoms with van der Waals surface area (Å²) in [6.07, 6.45) is 6.77. The van der Waals surface area contributed by atoms with Gasteiger partial charge in [0.2, 0.25) is 5.76 Å². The van der Waals surface area contributed by atoms with Crippen LogP contribution < -0.4 is 0 Å². The minimum atomic E-state index is -1.09. The van der Waals surface area contributed by atoms with Crippen LogP contribution in [0.4, 0.5) is 0 Å². The third-order valence-corrected chi connectivity index (χ3v) is 4.14. The van der Waals surface area contributed by atoms with Crippen LogP contribution in [0, 0.1) is 5.92 Å². The summed E-state index contributed by atoms with van der Waals surface area (Å²) in [5.74, 6) is -0.111. The molecule has 0 amide bonds. The Kier molecular flexibility index (Phi) is 4.30. The lowest BCUT2D eigenvalue weighted by Crippen LogP contribution is -2.24. The predicted molar refractivity (Wildman–Crippen MR) is 71.0 cm³/mol. The average molecular weight is 266 g/mol. The molecule has 19 heavy (non-hydrogen) atoms. The van der Waals surface area contributed by atoms with Crippen molar-refractivity contribution in [2.45, 2.75) is 57.5 Å². The maximum atomic E-state index is 10.8. The first kappa shape index (κ1) is 14.1. The van der Waals surface area contributed by atoms with E-state index in [0.29, 0.717) is 24.5 Å². The third-order valence-electron chi connectivity index (χ3n) is 4.14. The molecular formula is C15H22O4. The lowest BCUT2D eigenvalue weighted by Gasteiger charge is -2.24. The second-order valence-corrected chi connectivity index (χ2v) is 5.59. The standard InChI is InChI=1S/C15H22O4/c1-2-4-11-5-3-9-15(18,10-8-11)13-7-6-12(19-13)14(16)17/h6-7,11,18H,2-5,8-10H2,1H3,(H,16,17). The molecule has 4 nitrogen and oxygen atoms in total. The zero-order valence-corrected chi connectivity index (χ0v) is 11.4. The Morgan fingerprint density at radius 3 is 2.84 bits per heavy atom. The number of carbonyl (C=O) groups is 1. The Balaban J connectivity index is 2.10. The van der Waals surface area contributed by atoms with E-state index in [9.17, 15) is 9.90 Å². The van der Waals surface area contributed by atoms with E-state index in [1.165, 1.54) is 18.9 Å². The number of carboxylic acid groups (broad SMARTS) is 1. The smallest absolute Gasteiger partial charge is 0.371 e. The zero-order chi connectivity index (χ0) is 13.9. The molecule has 0 aliphatic heterocycles. The highest BCUT2D eigenvalue weighted by molar-refractivity contribution is 5.84. The van der Waals surface area contributed by atoms with Crippen molar-refractivity contribution >= 4 is 5.97 Å². The van der Waals surface area contributed by atoms with Gasteiger partial charge in [-0.3, -0.25) is 0 Å². The predicted octanol–water partition coefficient (Wildman–Crippen LogP) is 3.55. The summed E-state index contributed by atoms with van der Waals surface area (Å²) in [6.45, 7) is 2.18. The first-order valence-corrected chi connectivity index (χ1v) is 7.11.